The van der Waals surface area contributed by atoms with E-state index in [1.54, 1.807) is 18.2 Å². The Bertz CT molecular complexity index is 853. The highest BCUT2D eigenvalue weighted by molar-refractivity contribution is 5.78. The summed E-state index contributed by atoms with van der Waals surface area (Å²) >= 11 is 0. The van der Waals surface area contributed by atoms with Crippen LogP contribution in [0.5, 0.6) is 0 Å². The van der Waals surface area contributed by atoms with Crippen molar-refractivity contribution in [3.8, 4) is 0 Å². The third-order valence-electron chi connectivity index (χ3n) is 4.88. The standard InChI is InChI=1S/C19H23N3O4/c1-26-19(25)12-6-8-13(9-7-12)20-17(23)11-10-16-21-15-5-3-2-4-14(15)18(24)22-16/h2-5,12-13H,6-11H2,1H3,(H,20,23)(H,21,22,24)/t12-,13-. The number of aromatic nitrogens is 2. The van der Waals surface area contributed by atoms with E-state index in [9.17, 15) is 14.4 Å². The van der Waals surface area contributed by atoms with Gasteiger partial charge in [-0.25, -0.2) is 4.98 Å². The molecule has 1 saturated carbocycles. The summed E-state index contributed by atoms with van der Waals surface area (Å²) in [5.41, 5.74) is 0.444. The molecule has 3 rings (SSSR count). The molecule has 0 unspecified atom stereocenters. The Kier molecular flexibility index (Phi) is 5.65. The number of nitrogens with one attached hydrogen (secondary N) is 2. The van der Waals surface area contributed by atoms with Crippen molar-refractivity contribution in [1.29, 1.82) is 0 Å². The molecule has 0 radical (unpaired) electrons. The number of nitrogens with zero attached hydrogens (tertiary/aromatic N) is 1. The van der Waals surface area contributed by atoms with E-state index in [0.29, 0.717) is 23.1 Å². The van der Waals surface area contributed by atoms with Gasteiger partial charge in [0, 0.05) is 18.9 Å². The number of rotatable bonds is 5. The summed E-state index contributed by atoms with van der Waals surface area (Å²) in [6.45, 7) is 0. The average molecular weight is 357 g/mol. The third-order valence-corrected chi connectivity index (χ3v) is 4.88. The van der Waals surface area contributed by atoms with Crippen molar-refractivity contribution >= 4 is 22.8 Å². The van der Waals surface area contributed by atoms with Gasteiger partial charge in [-0.05, 0) is 37.8 Å². The first-order valence-electron chi connectivity index (χ1n) is 8.92. The van der Waals surface area contributed by atoms with E-state index in [-0.39, 0.29) is 35.8 Å². The van der Waals surface area contributed by atoms with E-state index in [0.717, 1.165) is 25.7 Å². The monoisotopic (exact) mass is 357 g/mol. The van der Waals surface area contributed by atoms with E-state index in [1.165, 1.54) is 7.11 Å². The van der Waals surface area contributed by atoms with Crippen molar-refractivity contribution in [1.82, 2.24) is 15.3 Å². The van der Waals surface area contributed by atoms with Crippen LogP contribution in [0.2, 0.25) is 0 Å². The first-order valence-corrected chi connectivity index (χ1v) is 8.92. The lowest BCUT2D eigenvalue weighted by Gasteiger charge is -2.27. The summed E-state index contributed by atoms with van der Waals surface area (Å²) in [6.07, 6.45) is 3.66. The fourth-order valence-electron chi connectivity index (χ4n) is 3.43. The van der Waals surface area contributed by atoms with Crippen molar-refractivity contribution in [3.63, 3.8) is 0 Å². The van der Waals surface area contributed by atoms with E-state index >= 15 is 0 Å². The molecule has 2 N–H and O–H groups in total. The molecule has 0 atom stereocenters. The summed E-state index contributed by atoms with van der Waals surface area (Å²) in [4.78, 5) is 42.9. The van der Waals surface area contributed by atoms with Gasteiger partial charge >= 0.3 is 5.97 Å². The Morgan fingerprint density at radius 1 is 1.23 bits per heavy atom. The molecular weight excluding hydrogens is 334 g/mol. The van der Waals surface area contributed by atoms with Crippen LogP contribution in [0.1, 0.15) is 37.9 Å². The third kappa shape index (κ3) is 4.28. The number of aryl methyl sites for hydroxylation is 1. The zero-order valence-electron chi connectivity index (χ0n) is 14.8. The minimum atomic E-state index is -0.188. The van der Waals surface area contributed by atoms with Gasteiger partial charge in [-0.1, -0.05) is 12.1 Å². The van der Waals surface area contributed by atoms with Crippen molar-refractivity contribution < 1.29 is 14.3 Å². The number of esters is 1. The molecule has 7 nitrogen and oxygen atoms in total. The molecule has 0 aliphatic heterocycles. The van der Waals surface area contributed by atoms with Crippen LogP contribution < -0.4 is 10.9 Å². The molecule has 138 valence electrons. The van der Waals surface area contributed by atoms with Crippen LogP contribution in [0.15, 0.2) is 29.1 Å². The first-order chi connectivity index (χ1) is 12.6. The fraction of sp³-hybridized carbons (Fsp3) is 0.474. The summed E-state index contributed by atoms with van der Waals surface area (Å²) < 4.78 is 4.77. The topological polar surface area (TPSA) is 101 Å². The number of carbonyl (C=O) groups is 2. The first kappa shape index (κ1) is 18.1. The fourth-order valence-corrected chi connectivity index (χ4v) is 3.43. The van der Waals surface area contributed by atoms with E-state index in [2.05, 4.69) is 15.3 Å². The molecule has 0 bridgehead atoms. The van der Waals surface area contributed by atoms with Crippen LogP contribution in [0.3, 0.4) is 0 Å². The van der Waals surface area contributed by atoms with Crippen LogP contribution in [0, 0.1) is 5.92 Å². The Morgan fingerprint density at radius 2 is 1.96 bits per heavy atom. The van der Waals surface area contributed by atoms with Crippen molar-refractivity contribution in [3.05, 3.63) is 40.4 Å². The Balaban J connectivity index is 1.50. The number of hydrogen-bond donors (Lipinski definition) is 2. The highest BCUT2D eigenvalue weighted by Crippen LogP contribution is 2.25. The molecule has 1 aromatic carbocycles. The molecular formula is C19H23N3O4. The number of H-pyrrole nitrogens is 1. The van der Waals surface area contributed by atoms with Crippen molar-refractivity contribution in [2.45, 2.75) is 44.6 Å². The van der Waals surface area contributed by atoms with Crippen molar-refractivity contribution in [2.75, 3.05) is 7.11 Å². The van der Waals surface area contributed by atoms with Gasteiger partial charge in [-0.2, -0.15) is 0 Å². The van der Waals surface area contributed by atoms with E-state index in [1.807, 2.05) is 6.07 Å². The number of fused-ring (bicyclic) bond motifs is 1. The number of methoxy groups -OCH3 is 1. The summed E-state index contributed by atoms with van der Waals surface area (Å²) in [5, 5.41) is 3.55. The van der Waals surface area contributed by atoms with Crippen LogP contribution in [0.25, 0.3) is 10.9 Å². The largest absolute Gasteiger partial charge is 0.469 e. The second-order valence-corrected chi connectivity index (χ2v) is 6.67. The highest BCUT2D eigenvalue weighted by atomic mass is 16.5. The molecule has 7 heteroatoms. The number of para-hydroxylation sites is 1. The second-order valence-electron chi connectivity index (χ2n) is 6.67. The number of carbonyl (C=O) groups excluding carboxylic acids is 2. The van der Waals surface area contributed by atoms with Gasteiger partial charge in [0.15, 0.2) is 0 Å². The molecule has 1 heterocycles. The Morgan fingerprint density at radius 3 is 2.69 bits per heavy atom. The summed E-state index contributed by atoms with van der Waals surface area (Å²) in [5.74, 6) is 0.224. The van der Waals surface area contributed by atoms with Crippen LogP contribution in [0.4, 0.5) is 0 Å². The van der Waals surface area contributed by atoms with E-state index < -0.39 is 0 Å². The Hall–Kier alpha value is -2.70. The van der Waals surface area contributed by atoms with Gasteiger partial charge in [0.05, 0.1) is 23.9 Å². The SMILES string of the molecule is COC(=O)[C@H]1CC[C@H](NC(=O)CCc2nc3ccccc3c(=O)[nH]2)CC1. The van der Waals surface area contributed by atoms with Gasteiger partial charge in [-0.15, -0.1) is 0 Å². The lowest BCUT2D eigenvalue weighted by molar-refractivity contribution is -0.146. The zero-order valence-corrected chi connectivity index (χ0v) is 14.8. The quantitative estimate of drug-likeness (QED) is 0.793. The van der Waals surface area contributed by atoms with Crippen LogP contribution in [-0.4, -0.2) is 35.0 Å². The molecule has 1 fully saturated rings. The lowest BCUT2D eigenvalue weighted by atomic mass is 9.86. The molecule has 26 heavy (non-hydrogen) atoms. The maximum Gasteiger partial charge on any atom is 0.308 e. The molecule has 1 aliphatic carbocycles. The molecule has 0 spiro atoms. The zero-order chi connectivity index (χ0) is 18.5. The normalized spacial score (nSPS) is 19.9. The van der Waals surface area contributed by atoms with Crippen LogP contribution >= 0.6 is 0 Å². The van der Waals surface area contributed by atoms with Gasteiger partial charge in [-0.3, -0.25) is 14.4 Å². The van der Waals surface area contributed by atoms with Gasteiger partial charge < -0.3 is 15.0 Å². The predicted molar refractivity (Wildman–Crippen MR) is 96.6 cm³/mol. The number of ether oxygens (including phenoxy) is 1. The molecule has 1 amide bonds. The summed E-state index contributed by atoms with van der Waals surface area (Å²) in [7, 11) is 1.40. The van der Waals surface area contributed by atoms with Gasteiger partial charge in [0.25, 0.3) is 5.56 Å². The molecule has 1 aliphatic rings. The minimum Gasteiger partial charge on any atom is -0.469 e. The van der Waals surface area contributed by atoms with Crippen LogP contribution in [-0.2, 0) is 20.7 Å². The van der Waals surface area contributed by atoms with E-state index in [4.69, 9.17) is 4.74 Å². The lowest BCUT2D eigenvalue weighted by Crippen LogP contribution is -2.39. The number of hydrogen-bond acceptors (Lipinski definition) is 5. The summed E-state index contributed by atoms with van der Waals surface area (Å²) in [6, 6.07) is 7.22. The smallest absolute Gasteiger partial charge is 0.308 e. The predicted octanol–water partition coefficient (Wildman–Crippen LogP) is 1.70. The molecule has 1 aromatic heterocycles. The van der Waals surface area contributed by atoms with Gasteiger partial charge in [0.2, 0.25) is 5.91 Å². The Labute approximate surface area is 151 Å². The van der Waals surface area contributed by atoms with Gasteiger partial charge in [0.1, 0.15) is 5.82 Å². The minimum absolute atomic E-state index is 0.0555. The maximum absolute atomic E-state index is 12.2. The average Bonchev–Trinajstić information content (AvgIpc) is 2.66. The molecule has 0 saturated heterocycles. The highest BCUT2D eigenvalue weighted by Gasteiger charge is 2.27. The second kappa shape index (κ2) is 8.12. The number of benzene rings is 1. The maximum atomic E-state index is 12.2. The number of aromatic amines is 1. The van der Waals surface area contributed by atoms with Crippen molar-refractivity contribution in [2.24, 2.45) is 5.92 Å². The number of amides is 1. The molecule has 2 aromatic rings.